The first kappa shape index (κ1) is 16.7. The third kappa shape index (κ3) is 5.22. The van der Waals surface area contributed by atoms with Crippen molar-refractivity contribution < 1.29 is 0 Å². The lowest BCUT2D eigenvalue weighted by atomic mass is 10.1. The minimum atomic E-state index is 0.489. The van der Waals surface area contributed by atoms with Gasteiger partial charge in [0.15, 0.2) is 5.96 Å². The van der Waals surface area contributed by atoms with E-state index in [-0.39, 0.29) is 0 Å². The molecule has 118 valence electrons. The van der Waals surface area contributed by atoms with Gasteiger partial charge in [0.25, 0.3) is 0 Å². The van der Waals surface area contributed by atoms with Crippen LogP contribution in [-0.4, -0.2) is 36.6 Å². The number of nitrogens with zero attached hydrogens (tertiary/aromatic N) is 1. The number of hydrogen-bond acceptors (Lipinski definition) is 3. The lowest BCUT2D eigenvalue weighted by Gasteiger charge is -2.18. The highest BCUT2D eigenvalue weighted by Gasteiger charge is 2.24. The summed E-state index contributed by atoms with van der Waals surface area (Å²) in [6, 6.07) is 4.90. The maximum absolute atomic E-state index is 4.78. The second kappa shape index (κ2) is 8.69. The van der Waals surface area contributed by atoms with Gasteiger partial charge in [0, 0.05) is 28.6 Å². The summed E-state index contributed by atoms with van der Waals surface area (Å²) >= 11 is 3.81. The number of guanidine groups is 1. The highest BCUT2D eigenvalue weighted by molar-refractivity contribution is 7.99. The van der Waals surface area contributed by atoms with E-state index < -0.39 is 0 Å². The molecule has 3 atom stereocenters. The standard InChI is InChI=1S/C16H27N3S2/c1-4-17-16(19-13-7-8-14(10-13)20-3)18-11-12(2)15-6-5-9-21-15/h5-6,9,12-14H,4,7-8,10-11H2,1-3H3,(H2,17,18,19). The van der Waals surface area contributed by atoms with Gasteiger partial charge in [0.1, 0.15) is 0 Å². The Morgan fingerprint density at radius 3 is 3.00 bits per heavy atom. The molecule has 0 aliphatic heterocycles. The Hall–Kier alpha value is -0.680. The minimum absolute atomic E-state index is 0.489. The fourth-order valence-corrected chi connectivity index (χ4v) is 4.26. The number of thiophene rings is 1. The van der Waals surface area contributed by atoms with Crippen LogP contribution in [0.25, 0.3) is 0 Å². The van der Waals surface area contributed by atoms with Crippen molar-refractivity contribution in [2.45, 2.75) is 50.3 Å². The van der Waals surface area contributed by atoms with Crippen molar-refractivity contribution >= 4 is 29.1 Å². The van der Waals surface area contributed by atoms with Crippen LogP contribution in [0.3, 0.4) is 0 Å². The Bertz CT molecular complexity index is 431. The zero-order chi connectivity index (χ0) is 15.1. The Morgan fingerprint density at radius 2 is 2.38 bits per heavy atom. The zero-order valence-electron chi connectivity index (χ0n) is 13.3. The lowest BCUT2D eigenvalue weighted by molar-refractivity contribution is 0.613. The van der Waals surface area contributed by atoms with Crippen LogP contribution in [0.15, 0.2) is 22.5 Å². The van der Waals surface area contributed by atoms with Crippen LogP contribution in [0.4, 0.5) is 0 Å². The number of rotatable bonds is 6. The molecule has 1 aliphatic carbocycles. The molecular formula is C16H27N3S2. The molecule has 0 saturated heterocycles. The fraction of sp³-hybridized carbons (Fsp3) is 0.688. The van der Waals surface area contributed by atoms with E-state index in [2.05, 4.69) is 48.2 Å². The van der Waals surface area contributed by atoms with Crippen molar-refractivity contribution in [2.24, 2.45) is 4.99 Å². The van der Waals surface area contributed by atoms with Crippen LogP contribution in [0, 0.1) is 0 Å². The first-order chi connectivity index (χ1) is 10.2. The maximum Gasteiger partial charge on any atom is 0.191 e. The van der Waals surface area contributed by atoms with E-state index >= 15 is 0 Å². The second-order valence-corrected chi connectivity index (χ2v) is 7.77. The van der Waals surface area contributed by atoms with E-state index in [1.165, 1.54) is 24.1 Å². The van der Waals surface area contributed by atoms with Crippen LogP contribution in [-0.2, 0) is 0 Å². The Kier molecular flexibility index (Phi) is 6.90. The van der Waals surface area contributed by atoms with E-state index in [0.29, 0.717) is 12.0 Å². The van der Waals surface area contributed by atoms with E-state index in [1.54, 1.807) is 0 Å². The van der Waals surface area contributed by atoms with Gasteiger partial charge in [-0.3, -0.25) is 4.99 Å². The van der Waals surface area contributed by atoms with E-state index in [0.717, 1.165) is 24.3 Å². The molecule has 1 heterocycles. The number of thioether (sulfide) groups is 1. The highest BCUT2D eigenvalue weighted by atomic mass is 32.2. The number of aliphatic imine (C=N–C) groups is 1. The van der Waals surface area contributed by atoms with Crippen LogP contribution < -0.4 is 10.6 Å². The summed E-state index contributed by atoms with van der Waals surface area (Å²) in [5, 5.41) is 9.94. The number of hydrogen-bond donors (Lipinski definition) is 2. The monoisotopic (exact) mass is 325 g/mol. The van der Waals surface area contributed by atoms with Gasteiger partial charge in [0.2, 0.25) is 0 Å². The zero-order valence-corrected chi connectivity index (χ0v) is 14.9. The van der Waals surface area contributed by atoms with Crippen LogP contribution >= 0.6 is 23.1 Å². The molecule has 3 unspecified atom stereocenters. The molecule has 0 spiro atoms. The quantitative estimate of drug-likeness (QED) is 0.618. The lowest BCUT2D eigenvalue weighted by Crippen LogP contribution is -2.42. The third-order valence-corrected chi connectivity index (χ3v) is 6.15. The van der Waals surface area contributed by atoms with Gasteiger partial charge >= 0.3 is 0 Å². The van der Waals surface area contributed by atoms with Gasteiger partial charge in [-0.2, -0.15) is 11.8 Å². The summed E-state index contributed by atoms with van der Waals surface area (Å²) < 4.78 is 0. The molecule has 1 saturated carbocycles. The summed E-state index contributed by atoms with van der Waals surface area (Å²) in [4.78, 5) is 6.19. The molecule has 21 heavy (non-hydrogen) atoms. The van der Waals surface area contributed by atoms with E-state index in [9.17, 15) is 0 Å². The summed E-state index contributed by atoms with van der Waals surface area (Å²) in [7, 11) is 0. The summed E-state index contributed by atoms with van der Waals surface area (Å²) in [6.45, 7) is 6.13. The average molecular weight is 326 g/mol. The fourth-order valence-electron chi connectivity index (χ4n) is 2.69. The molecule has 1 aliphatic rings. The molecule has 5 heteroatoms. The van der Waals surface area contributed by atoms with Crippen molar-refractivity contribution in [1.82, 2.24) is 10.6 Å². The third-order valence-electron chi connectivity index (χ3n) is 3.96. The van der Waals surface area contributed by atoms with Crippen molar-refractivity contribution in [2.75, 3.05) is 19.3 Å². The topological polar surface area (TPSA) is 36.4 Å². The van der Waals surface area contributed by atoms with Gasteiger partial charge in [-0.1, -0.05) is 13.0 Å². The van der Waals surface area contributed by atoms with E-state index in [4.69, 9.17) is 4.99 Å². The molecule has 0 radical (unpaired) electrons. The molecule has 1 fully saturated rings. The molecule has 0 bridgehead atoms. The SMILES string of the molecule is CCNC(=NCC(C)c1cccs1)NC1CCC(SC)C1. The van der Waals surface area contributed by atoms with Crippen LogP contribution in [0.5, 0.6) is 0 Å². The Morgan fingerprint density at radius 1 is 1.52 bits per heavy atom. The Labute approximate surface area is 137 Å². The largest absolute Gasteiger partial charge is 0.357 e. The minimum Gasteiger partial charge on any atom is -0.357 e. The molecular weight excluding hydrogens is 298 g/mol. The van der Waals surface area contributed by atoms with Gasteiger partial charge in [0.05, 0.1) is 6.54 Å². The van der Waals surface area contributed by atoms with Crippen molar-refractivity contribution in [3.63, 3.8) is 0 Å². The van der Waals surface area contributed by atoms with Gasteiger partial charge in [-0.15, -0.1) is 11.3 Å². The first-order valence-electron chi connectivity index (χ1n) is 7.84. The van der Waals surface area contributed by atoms with Crippen molar-refractivity contribution in [1.29, 1.82) is 0 Å². The average Bonchev–Trinajstić information content (AvgIpc) is 3.16. The number of nitrogens with one attached hydrogen (secondary N) is 2. The van der Waals surface area contributed by atoms with Crippen LogP contribution in [0.2, 0.25) is 0 Å². The summed E-state index contributed by atoms with van der Waals surface area (Å²) in [6.07, 6.45) is 6.06. The van der Waals surface area contributed by atoms with Crippen LogP contribution in [0.1, 0.15) is 43.9 Å². The molecule has 2 rings (SSSR count). The molecule has 3 nitrogen and oxygen atoms in total. The van der Waals surface area contributed by atoms with Crippen molar-refractivity contribution in [3.8, 4) is 0 Å². The normalized spacial score (nSPS) is 24.0. The second-order valence-electron chi connectivity index (χ2n) is 5.65. The highest BCUT2D eigenvalue weighted by Crippen LogP contribution is 2.28. The summed E-state index contributed by atoms with van der Waals surface area (Å²) in [5.41, 5.74) is 0. The molecule has 0 aromatic carbocycles. The van der Waals surface area contributed by atoms with Gasteiger partial charge in [-0.25, -0.2) is 0 Å². The molecule has 1 aromatic rings. The maximum atomic E-state index is 4.78. The first-order valence-corrected chi connectivity index (χ1v) is 10.0. The predicted octanol–water partition coefficient (Wildman–Crippen LogP) is 3.69. The molecule has 0 amide bonds. The van der Waals surface area contributed by atoms with Gasteiger partial charge < -0.3 is 10.6 Å². The van der Waals surface area contributed by atoms with Gasteiger partial charge in [-0.05, 0) is 43.9 Å². The van der Waals surface area contributed by atoms with E-state index in [1.807, 2.05) is 23.1 Å². The van der Waals surface area contributed by atoms with Crippen molar-refractivity contribution in [3.05, 3.63) is 22.4 Å². The smallest absolute Gasteiger partial charge is 0.191 e. The predicted molar refractivity (Wildman–Crippen MR) is 96.8 cm³/mol. The summed E-state index contributed by atoms with van der Waals surface area (Å²) in [5.74, 6) is 1.47. The molecule has 2 N–H and O–H groups in total. The molecule has 1 aromatic heterocycles. The Balaban J connectivity index is 1.87.